The van der Waals surface area contributed by atoms with Crippen molar-refractivity contribution < 1.29 is 29.3 Å². The van der Waals surface area contributed by atoms with E-state index in [-0.39, 0.29) is 19.3 Å². The van der Waals surface area contributed by atoms with E-state index in [0.717, 1.165) is 36.7 Å². The molecular weight excluding hydrogens is 492 g/mol. The smallest absolute Gasteiger partial charge is 0.249 e. The van der Waals surface area contributed by atoms with Crippen molar-refractivity contribution in [1.82, 2.24) is 5.32 Å². The normalized spacial score (nSPS) is 14.8. The number of carbonyl (C=O) groups excluding carboxylic acids is 1. The molecule has 39 heavy (non-hydrogen) atoms. The van der Waals surface area contributed by atoms with Crippen LogP contribution in [0.4, 0.5) is 0 Å². The molecular formula is C32H67N2O5+. The molecule has 7 heteroatoms. The summed E-state index contributed by atoms with van der Waals surface area (Å²) in [5, 5.41) is 33.4. The Labute approximate surface area is 241 Å². The maximum absolute atomic E-state index is 12.4. The number of ether oxygens (including phenoxy) is 1. The summed E-state index contributed by atoms with van der Waals surface area (Å²) in [4.78, 5) is 12.4. The summed E-state index contributed by atoms with van der Waals surface area (Å²) >= 11 is 0. The molecule has 0 aromatic rings. The van der Waals surface area contributed by atoms with Gasteiger partial charge in [0.1, 0.15) is 18.8 Å². The molecule has 0 radical (unpaired) electrons. The van der Waals surface area contributed by atoms with Gasteiger partial charge in [0, 0.05) is 18.6 Å². The van der Waals surface area contributed by atoms with Crippen LogP contribution in [0.5, 0.6) is 0 Å². The van der Waals surface area contributed by atoms with Gasteiger partial charge in [-0.1, -0.05) is 111 Å². The summed E-state index contributed by atoms with van der Waals surface area (Å²) in [5.74, 6) is -0.452. The van der Waals surface area contributed by atoms with Crippen LogP contribution in [0.3, 0.4) is 0 Å². The van der Waals surface area contributed by atoms with Crippen LogP contribution in [0.25, 0.3) is 0 Å². The highest BCUT2D eigenvalue weighted by molar-refractivity contribution is 5.81. The number of aliphatic hydroxyl groups is 3. The average molecular weight is 560 g/mol. The van der Waals surface area contributed by atoms with Gasteiger partial charge >= 0.3 is 0 Å². The number of hydrogen-bond acceptors (Lipinski definition) is 5. The predicted molar refractivity (Wildman–Crippen MR) is 163 cm³/mol. The summed E-state index contributed by atoms with van der Waals surface area (Å²) in [6, 6.07) is 0. The van der Waals surface area contributed by atoms with Crippen molar-refractivity contribution in [2.45, 2.75) is 149 Å². The molecule has 0 saturated heterocycles. The minimum atomic E-state index is -1.22. The number of aliphatic hydroxyl groups excluding tert-OH is 3. The van der Waals surface area contributed by atoms with E-state index in [9.17, 15) is 15.0 Å². The quantitative estimate of drug-likeness (QED) is 0.0777. The maximum Gasteiger partial charge on any atom is 0.249 e. The minimum Gasteiger partial charge on any atom is -0.396 e. The molecule has 234 valence electrons. The van der Waals surface area contributed by atoms with Crippen LogP contribution in [0.15, 0.2) is 0 Å². The van der Waals surface area contributed by atoms with E-state index in [1.165, 1.54) is 70.6 Å². The topological polar surface area (TPSA) is 99.0 Å². The van der Waals surface area contributed by atoms with Crippen molar-refractivity contribution in [3.8, 4) is 0 Å². The highest BCUT2D eigenvalue weighted by Gasteiger charge is 2.36. The van der Waals surface area contributed by atoms with Gasteiger partial charge in [-0.05, 0) is 19.3 Å². The van der Waals surface area contributed by atoms with Gasteiger partial charge < -0.3 is 29.9 Å². The maximum atomic E-state index is 12.4. The first-order valence-electron chi connectivity index (χ1n) is 16.2. The fourth-order valence-corrected chi connectivity index (χ4v) is 5.21. The lowest BCUT2D eigenvalue weighted by Gasteiger charge is -2.36. The molecule has 0 rings (SSSR count). The molecule has 0 heterocycles. The van der Waals surface area contributed by atoms with Gasteiger partial charge in [0.05, 0.1) is 33.4 Å². The molecule has 7 nitrogen and oxygen atoms in total. The Bertz CT molecular complexity index is 585. The zero-order valence-corrected chi connectivity index (χ0v) is 26.7. The Morgan fingerprint density at radius 3 is 1.82 bits per heavy atom. The Morgan fingerprint density at radius 2 is 1.33 bits per heavy atom. The van der Waals surface area contributed by atoms with Crippen LogP contribution in [0.1, 0.15) is 130 Å². The van der Waals surface area contributed by atoms with Crippen LogP contribution >= 0.6 is 0 Å². The average Bonchev–Trinajstić information content (AvgIpc) is 2.87. The largest absolute Gasteiger partial charge is 0.396 e. The number of likely N-dealkylation sites (N-methyl/N-ethyl adjacent to an activating group) is 1. The number of amides is 1. The van der Waals surface area contributed by atoms with Crippen molar-refractivity contribution in [2.75, 3.05) is 46.9 Å². The Kier molecular flexibility index (Phi) is 22.5. The molecule has 3 atom stereocenters. The van der Waals surface area contributed by atoms with Crippen LogP contribution < -0.4 is 5.32 Å². The van der Waals surface area contributed by atoms with Crippen molar-refractivity contribution in [1.29, 1.82) is 0 Å². The van der Waals surface area contributed by atoms with E-state index in [2.05, 4.69) is 33.3 Å². The van der Waals surface area contributed by atoms with Crippen molar-refractivity contribution >= 4 is 5.91 Å². The second-order valence-corrected chi connectivity index (χ2v) is 13.0. The summed E-state index contributed by atoms with van der Waals surface area (Å²) in [5.41, 5.74) is -0.801. The number of nitrogens with zero attached hydrogens (tertiary/aromatic N) is 1. The van der Waals surface area contributed by atoms with E-state index in [1.54, 1.807) is 0 Å². The zero-order chi connectivity index (χ0) is 29.6. The van der Waals surface area contributed by atoms with Crippen LogP contribution in [0.2, 0.25) is 0 Å². The van der Waals surface area contributed by atoms with Crippen LogP contribution in [-0.4, -0.2) is 91.0 Å². The number of carbonyl (C=O) groups is 1. The molecule has 0 saturated carbocycles. The van der Waals surface area contributed by atoms with Gasteiger partial charge in [-0.3, -0.25) is 4.79 Å². The monoisotopic (exact) mass is 560 g/mol. The minimum absolute atomic E-state index is 0.00543. The van der Waals surface area contributed by atoms with E-state index >= 15 is 0 Å². The molecule has 1 amide bonds. The second kappa shape index (κ2) is 22.9. The summed E-state index contributed by atoms with van der Waals surface area (Å²) in [6.45, 7) is 10.2. The number of hydrogen-bond donors (Lipinski definition) is 4. The third-order valence-corrected chi connectivity index (χ3v) is 7.82. The Balaban J connectivity index is 4.62. The fourth-order valence-electron chi connectivity index (χ4n) is 5.21. The highest BCUT2D eigenvalue weighted by Crippen LogP contribution is 2.25. The molecule has 4 N–H and O–H groups in total. The molecule has 0 aliphatic carbocycles. The van der Waals surface area contributed by atoms with Gasteiger partial charge in [0.15, 0.2) is 0 Å². The highest BCUT2D eigenvalue weighted by atomic mass is 16.5. The first-order chi connectivity index (χ1) is 18.5. The molecule has 0 aromatic carbocycles. The first kappa shape index (κ1) is 38.3. The first-order valence-corrected chi connectivity index (χ1v) is 16.2. The van der Waals surface area contributed by atoms with E-state index < -0.39 is 23.5 Å². The number of rotatable bonds is 27. The molecule has 0 aromatic heterocycles. The third-order valence-electron chi connectivity index (χ3n) is 7.82. The van der Waals surface area contributed by atoms with Crippen molar-refractivity contribution in [3.63, 3.8) is 0 Å². The summed E-state index contributed by atoms with van der Waals surface area (Å²) < 4.78 is 6.99. The van der Waals surface area contributed by atoms with Crippen molar-refractivity contribution in [2.24, 2.45) is 5.41 Å². The molecule has 0 fully saturated rings. The van der Waals surface area contributed by atoms with Gasteiger partial charge in [-0.15, -0.1) is 0 Å². The third kappa shape index (κ3) is 19.9. The number of quaternary nitrogens is 1. The van der Waals surface area contributed by atoms with E-state index in [4.69, 9.17) is 9.84 Å². The Hall–Kier alpha value is -0.730. The van der Waals surface area contributed by atoms with E-state index in [0.29, 0.717) is 19.5 Å². The lowest BCUT2D eigenvalue weighted by Crippen LogP contribution is -2.51. The summed E-state index contributed by atoms with van der Waals surface area (Å²) in [6.07, 6.45) is 17.0. The fraction of sp³-hybridized carbons (Fsp3) is 0.969. The summed E-state index contributed by atoms with van der Waals surface area (Å²) in [7, 11) is 4.28. The molecule has 0 aliphatic rings. The molecule has 0 spiro atoms. The lowest BCUT2D eigenvalue weighted by atomic mass is 9.86. The van der Waals surface area contributed by atoms with Gasteiger partial charge in [0.25, 0.3) is 0 Å². The number of unbranched alkanes of at least 4 members (excludes halogenated alkanes) is 12. The molecule has 0 aliphatic heterocycles. The van der Waals surface area contributed by atoms with Crippen LogP contribution in [0, 0.1) is 5.41 Å². The van der Waals surface area contributed by atoms with Gasteiger partial charge in [0.2, 0.25) is 5.91 Å². The second-order valence-electron chi connectivity index (χ2n) is 13.0. The molecule has 0 unspecified atom stereocenters. The van der Waals surface area contributed by atoms with E-state index in [1.807, 2.05) is 13.8 Å². The zero-order valence-electron chi connectivity index (χ0n) is 26.7. The standard InChI is InChI=1S/C32H66N2O5/c1-7-9-10-11-12-13-14-15-16-17-18-19-20-22-29(28(36)26-34(5,6)24-8-2)39-27-32(3,4)30(37)31(38)33-23-21-25-35/h28-30,35-37H,7-27H2,1-6H3/p+1/t28-,29+,30+/m1/s1. The van der Waals surface area contributed by atoms with Gasteiger partial charge in [-0.25, -0.2) is 0 Å². The van der Waals surface area contributed by atoms with Crippen LogP contribution in [-0.2, 0) is 9.53 Å². The predicted octanol–water partition coefficient (Wildman–Crippen LogP) is 5.59. The molecule has 0 bridgehead atoms. The van der Waals surface area contributed by atoms with Crippen molar-refractivity contribution in [3.05, 3.63) is 0 Å². The SMILES string of the molecule is CCCCCCCCCCCCCCC[C@H](OCC(C)(C)[C@@H](O)C(=O)NCCCO)[C@H](O)C[N+](C)(C)CCC. The lowest BCUT2D eigenvalue weighted by molar-refractivity contribution is -0.893. The Morgan fingerprint density at radius 1 is 0.821 bits per heavy atom. The number of nitrogens with one attached hydrogen (secondary N) is 1. The van der Waals surface area contributed by atoms with Gasteiger partial charge in [-0.2, -0.15) is 0 Å².